The monoisotopic (exact) mass is 228 g/mol. The highest BCUT2D eigenvalue weighted by molar-refractivity contribution is 6.30. The standard InChI is InChI=1S/C10H13ClN2O2/c1-7-8(10(11)13-6-12-7)2-3-9-14-4-5-15-9/h6,9H,2-5H2,1H3. The fourth-order valence-corrected chi connectivity index (χ4v) is 1.87. The smallest absolute Gasteiger partial charge is 0.158 e. The van der Waals surface area contributed by atoms with Crippen LogP contribution in [0.25, 0.3) is 0 Å². The Morgan fingerprint density at radius 3 is 2.80 bits per heavy atom. The maximum absolute atomic E-state index is 5.98. The van der Waals surface area contributed by atoms with Crippen molar-refractivity contribution in [2.45, 2.75) is 26.1 Å². The third-order valence-corrected chi connectivity index (χ3v) is 2.75. The normalized spacial score (nSPS) is 17.2. The molecule has 1 aliphatic rings. The van der Waals surface area contributed by atoms with Crippen LogP contribution >= 0.6 is 11.6 Å². The van der Waals surface area contributed by atoms with Gasteiger partial charge in [0.1, 0.15) is 11.5 Å². The van der Waals surface area contributed by atoms with Crippen molar-refractivity contribution in [3.05, 3.63) is 22.7 Å². The van der Waals surface area contributed by atoms with Crippen molar-refractivity contribution in [3.63, 3.8) is 0 Å². The van der Waals surface area contributed by atoms with Gasteiger partial charge in [-0.3, -0.25) is 0 Å². The van der Waals surface area contributed by atoms with E-state index in [0.717, 1.165) is 24.1 Å². The van der Waals surface area contributed by atoms with Crippen molar-refractivity contribution < 1.29 is 9.47 Å². The Morgan fingerprint density at radius 1 is 1.40 bits per heavy atom. The zero-order valence-electron chi connectivity index (χ0n) is 8.57. The lowest BCUT2D eigenvalue weighted by molar-refractivity contribution is -0.0462. The molecule has 0 atom stereocenters. The molecule has 1 saturated heterocycles. The molecule has 1 fully saturated rings. The molecule has 0 bridgehead atoms. The molecule has 2 rings (SSSR count). The van der Waals surface area contributed by atoms with Gasteiger partial charge in [-0.05, 0) is 13.3 Å². The molecule has 0 aromatic carbocycles. The number of halogens is 1. The highest BCUT2D eigenvalue weighted by atomic mass is 35.5. The van der Waals surface area contributed by atoms with Crippen molar-refractivity contribution in [3.8, 4) is 0 Å². The SMILES string of the molecule is Cc1ncnc(Cl)c1CCC1OCCO1. The summed E-state index contributed by atoms with van der Waals surface area (Å²) in [5.41, 5.74) is 1.91. The molecule has 5 heteroatoms. The quantitative estimate of drug-likeness (QED) is 0.740. The van der Waals surface area contributed by atoms with Crippen molar-refractivity contribution >= 4 is 11.6 Å². The zero-order chi connectivity index (χ0) is 10.7. The van der Waals surface area contributed by atoms with E-state index in [2.05, 4.69) is 9.97 Å². The van der Waals surface area contributed by atoms with Gasteiger partial charge in [-0.25, -0.2) is 9.97 Å². The molecule has 0 aliphatic carbocycles. The number of aryl methyl sites for hydroxylation is 1. The van der Waals surface area contributed by atoms with Crippen LogP contribution in [0.3, 0.4) is 0 Å². The Morgan fingerprint density at radius 2 is 2.13 bits per heavy atom. The summed E-state index contributed by atoms with van der Waals surface area (Å²) in [5.74, 6) is 0. The summed E-state index contributed by atoms with van der Waals surface area (Å²) in [6.07, 6.45) is 2.97. The Hall–Kier alpha value is -0.710. The van der Waals surface area contributed by atoms with Gasteiger partial charge in [0.25, 0.3) is 0 Å². The van der Waals surface area contributed by atoms with Crippen molar-refractivity contribution in [2.75, 3.05) is 13.2 Å². The summed E-state index contributed by atoms with van der Waals surface area (Å²) in [6.45, 7) is 3.30. The third kappa shape index (κ3) is 2.65. The van der Waals surface area contributed by atoms with E-state index in [0.29, 0.717) is 18.4 Å². The molecule has 1 aromatic rings. The van der Waals surface area contributed by atoms with Gasteiger partial charge in [0.05, 0.1) is 13.2 Å². The molecule has 0 amide bonds. The van der Waals surface area contributed by atoms with Crippen LogP contribution in [0.5, 0.6) is 0 Å². The Balaban J connectivity index is 1.97. The van der Waals surface area contributed by atoms with Gasteiger partial charge in [0.2, 0.25) is 0 Å². The second kappa shape index (κ2) is 4.88. The van der Waals surface area contributed by atoms with Crippen LogP contribution in [0.1, 0.15) is 17.7 Å². The first-order chi connectivity index (χ1) is 7.27. The predicted molar refractivity (Wildman–Crippen MR) is 55.8 cm³/mol. The summed E-state index contributed by atoms with van der Waals surface area (Å²) in [7, 11) is 0. The molecule has 0 N–H and O–H groups in total. The first kappa shape index (κ1) is 10.8. The average molecular weight is 229 g/mol. The van der Waals surface area contributed by atoms with Crippen LogP contribution in [0.2, 0.25) is 5.15 Å². The van der Waals surface area contributed by atoms with Gasteiger partial charge in [-0.15, -0.1) is 0 Å². The molecule has 82 valence electrons. The molecule has 2 heterocycles. The van der Waals surface area contributed by atoms with Gasteiger partial charge in [0, 0.05) is 17.7 Å². The number of aromatic nitrogens is 2. The molecule has 15 heavy (non-hydrogen) atoms. The van der Waals surface area contributed by atoms with Crippen molar-refractivity contribution in [2.24, 2.45) is 0 Å². The summed E-state index contributed by atoms with van der Waals surface area (Å²) >= 11 is 5.98. The zero-order valence-corrected chi connectivity index (χ0v) is 9.33. The lowest BCUT2D eigenvalue weighted by Gasteiger charge is -2.10. The molecule has 1 aromatic heterocycles. The van der Waals surface area contributed by atoms with Crippen LogP contribution in [0, 0.1) is 6.92 Å². The number of nitrogens with zero attached hydrogens (tertiary/aromatic N) is 2. The highest BCUT2D eigenvalue weighted by Gasteiger charge is 2.17. The van der Waals surface area contributed by atoms with E-state index in [1.165, 1.54) is 6.33 Å². The minimum Gasteiger partial charge on any atom is -0.350 e. The first-order valence-electron chi connectivity index (χ1n) is 4.96. The summed E-state index contributed by atoms with van der Waals surface area (Å²) in [6, 6.07) is 0. The number of hydrogen-bond donors (Lipinski definition) is 0. The molecule has 0 spiro atoms. The van der Waals surface area contributed by atoms with Crippen molar-refractivity contribution in [1.29, 1.82) is 0 Å². The van der Waals surface area contributed by atoms with Gasteiger partial charge >= 0.3 is 0 Å². The average Bonchev–Trinajstić information content (AvgIpc) is 2.70. The van der Waals surface area contributed by atoms with Crippen LogP contribution in [0.15, 0.2) is 6.33 Å². The first-order valence-corrected chi connectivity index (χ1v) is 5.34. The van der Waals surface area contributed by atoms with Crippen LogP contribution < -0.4 is 0 Å². The lowest BCUT2D eigenvalue weighted by Crippen LogP contribution is -2.10. The summed E-state index contributed by atoms with van der Waals surface area (Å²) in [5, 5.41) is 0.528. The lowest BCUT2D eigenvalue weighted by atomic mass is 10.1. The number of ether oxygens (including phenoxy) is 2. The molecular weight excluding hydrogens is 216 g/mol. The Bertz CT molecular complexity index is 320. The largest absolute Gasteiger partial charge is 0.350 e. The molecule has 0 unspecified atom stereocenters. The predicted octanol–water partition coefficient (Wildman–Crippen LogP) is 1.74. The van der Waals surface area contributed by atoms with E-state index < -0.39 is 0 Å². The molecule has 0 saturated carbocycles. The minimum atomic E-state index is -0.0966. The minimum absolute atomic E-state index is 0.0966. The molecule has 4 nitrogen and oxygen atoms in total. The van der Waals surface area contributed by atoms with Crippen molar-refractivity contribution in [1.82, 2.24) is 9.97 Å². The molecule has 0 radical (unpaired) electrons. The van der Waals surface area contributed by atoms with E-state index in [9.17, 15) is 0 Å². The highest BCUT2D eigenvalue weighted by Crippen LogP contribution is 2.19. The fraction of sp³-hybridized carbons (Fsp3) is 0.600. The second-order valence-corrected chi connectivity index (χ2v) is 3.80. The third-order valence-electron chi connectivity index (χ3n) is 2.43. The second-order valence-electron chi connectivity index (χ2n) is 3.44. The van der Waals surface area contributed by atoms with Gasteiger partial charge in [-0.2, -0.15) is 0 Å². The maximum Gasteiger partial charge on any atom is 0.158 e. The Kier molecular flexibility index (Phi) is 3.51. The number of hydrogen-bond acceptors (Lipinski definition) is 4. The molecule has 1 aliphatic heterocycles. The number of rotatable bonds is 3. The topological polar surface area (TPSA) is 44.2 Å². The van der Waals surface area contributed by atoms with E-state index in [4.69, 9.17) is 21.1 Å². The van der Waals surface area contributed by atoms with E-state index in [1.807, 2.05) is 6.92 Å². The fourth-order valence-electron chi connectivity index (χ4n) is 1.59. The van der Waals surface area contributed by atoms with Crippen LogP contribution in [-0.2, 0) is 15.9 Å². The van der Waals surface area contributed by atoms with E-state index >= 15 is 0 Å². The van der Waals surface area contributed by atoms with Gasteiger partial charge < -0.3 is 9.47 Å². The summed E-state index contributed by atoms with van der Waals surface area (Å²) < 4.78 is 10.7. The van der Waals surface area contributed by atoms with E-state index in [-0.39, 0.29) is 6.29 Å². The van der Waals surface area contributed by atoms with E-state index in [1.54, 1.807) is 0 Å². The van der Waals surface area contributed by atoms with Gasteiger partial charge in [-0.1, -0.05) is 11.6 Å². The maximum atomic E-state index is 5.98. The van der Waals surface area contributed by atoms with Crippen LogP contribution in [-0.4, -0.2) is 29.5 Å². The van der Waals surface area contributed by atoms with Gasteiger partial charge in [0.15, 0.2) is 6.29 Å². The summed E-state index contributed by atoms with van der Waals surface area (Å²) in [4.78, 5) is 8.07. The van der Waals surface area contributed by atoms with Crippen LogP contribution in [0.4, 0.5) is 0 Å². The molecular formula is C10H13ClN2O2. The Labute approximate surface area is 93.6 Å².